The molecule has 0 spiro atoms. The molecule has 1 atom stereocenters. The minimum atomic E-state index is -1.21. The molecule has 98 valence electrons. The van der Waals surface area contributed by atoms with Crippen molar-refractivity contribution in [2.24, 2.45) is 22.7 Å². The highest BCUT2D eigenvalue weighted by molar-refractivity contribution is 6.06. The standard InChI is InChI=1S/C14H20N2O2/c1-6-7-16-12(18)9(8-15)10(17)11-13(2,3)14(11,4)5/h6,9,11H,1,7H2,2-5H3,(H,16,18)/t9-/m1/s1. The summed E-state index contributed by atoms with van der Waals surface area (Å²) in [5, 5.41) is 11.5. The number of carbonyl (C=O) groups is 2. The fourth-order valence-corrected chi connectivity index (χ4v) is 2.60. The van der Waals surface area contributed by atoms with Crippen LogP contribution in [0, 0.1) is 34.0 Å². The topological polar surface area (TPSA) is 70.0 Å². The lowest BCUT2D eigenvalue weighted by atomic mass is 9.96. The van der Waals surface area contributed by atoms with Crippen molar-refractivity contribution in [1.29, 1.82) is 5.26 Å². The Bertz CT molecular complexity index is 416. The number of nitrogens with zero attached hydrogens (tertiary/aromatic N) is 1. The third-order valence-electron chi connectivity index (χ3n) is 4.40. The molecule has 0 aliphatic heterocycles. The van der Waals surface area contributed by atoms with E-state index < -0.39 is 11.8 Å². The third-order valence-corrected chi connectivity index (χ3v) is 4.40. The summed E-state index contributed by atoms with van der Waals surface area (Å²) in [4.78, 5) is 24.0. The van der Waals surface area contributed by atoms with Gasteiger partial charge in [0.05, 0.1) is 6.07 Å². The fraction of sp³-hybridized carbons (Fsp3) is 0.643. The van der Waals surface area contributed by atoms with Crippen LogP contribution in [-0.4, -0.2) is 18.2 Å². The van der Waals surface area contributed by atoms with Crippen molar-refractivity contribution in [3.8, 4) is 6.07 Å². The van der Waals surface area contributed by atoms with E-state index in [1.165, 1.54) is 6.08 Å². The highest BCUT2D eigenvalue weighted by Crippen LogP contribution is 2.69. The minimum Gasteiger partial charge on any atom is -0.351 e. The molecule has 0 aromatic heterocycles. The first-order chi connectivity index (χ1) is 8.21. The largest absolute Gasteiger partial charge is 0.351 e. The summed E-state index contributed by atoms with van der Waals surface area (Å²) in [6, 6.07) is 1.81. The van der Waals surface area contributed by atoms with Gasteiger partial charge in [-0.1, -0.05) is 33.8 Å². The third kappa shape index (κ3) is 2.05. The number of carbonyl (C=O) groups excluding carboxylic acids is 2. The molecule has 1 aliphatic rings. The highest BCUT2D eigenvalue weighted by atomic mass is 16.2. The highest BCUT2D eigenvalue weighted by Gasteiger charge is 2.69. The molecule has 1 aliphatic carbocycles. The van der Waals surface area contributed by atoms with Crippen LogP contribution in [-0.2, 0) is 9.59 Å². The first kappa shape index (κ1) is 14.4. The number of nitrogens with one attached hydrogen (secondary N) is 1. The molecule has 1 rings (SSSR count). The van der Waals surface area contributed by atoms with Gasteiger partial charge >= 0.3 is 0 Å². The lowest BCUT2D eigenvalue weighted by molar-refractivity contribution is -0.132. The molecule has 0 heterocycles. The molecular formula is C14H20N2O2. The first-order valence-electron chi connectivity index (χ1n) is 6.03. The summed E-state index contributed by atoms with van der Waals surface area (Å²) in [6.07, 6.45) is 1.52. The predicted octanol–water partition coefficient (Wildman–Crippen LogP) is 1.68. The second-order valence-corrected chi connectivity index (χ2v) is 5.87. The maximum Gasteiger partial charge on any atom is 0.245 e. The van der Waals surface area contributed by atoms with Gasteiger partial charge in [0.25, 0.3) is 0 Å². The van der Waals surface area contributed by atoms with E-state index in [0.29, 0.717) is 0 Å². The minimum absolute atomic E-state index is 0.155. The molecular weight excluding hydrogens is 228 g/mol. The number of rotatable bonds is 5. The Balaban J connectivity index is 2.81. The van der Waals surface area contributed by atoms with Crippen molar-refractivity contribution in [2.45, 2.75) is 27.7 Å². The van der Waals surface area contributed by atoms with Gasteiger partial charge in [0.1, 0.15) is 0 Å². The van der Waals surface area contributed by atoms with E-state index in [1.54, 1.807) is 0 Å². The van der Waals surface area contributed by atoms with Crippen molar-refractivity contribution in [3.05, 3.63) is 12.7 Å². The van der Waals surface area contributed by atoms with E-state index in [1.807, 2.05) is 33.8 Å². The lowest BCUT2D eigenvalue weighted by Crippen LogP contribution is -2.36. The average molecular weight is 248 g/mol. The summed E-state index contributed by atoms with van der Waals surface area (Å²) < 4.78 is 0. The van der Waals surface area contributed by atoms with E-state index >= 15 is 0 Å². The molecule has 0 saturated heterocycles. The smallest absolute Gasteiger partial charge is 0.245 e. The zero-order valence-electron chi connectivity index (χ0n) is 11.4. The van der Waals surface area contributed by atoms with Crippen LogP contribution < -0.4 is 5.32 Å². The van der Waals surface area contributed by atoms with E-state index in [4.69, 9.17) is 5.26 Å². The van der Waals surface area contributed by atoms with Gasteiger partial charge in [-0.2, -0.15) is 5.26 Å². The Labute approximate surface area is 108 Å². The molecule has 0 bridgehead atoms. The zero-order chi connectivity index (χ0) is 14.1. The molecule has 4 nitrogen and oxygen atoms in total. The monoisotopic (exact) mass is 248 g/mol. The quantitative estimate of drug-likeness (QED) is 0.594. The number of hydrogen-bond acceptors (Lipinski definition) is 3. The van der Waals surface area contributed by atoms with Crippen LogP contribution in [0.2, 0.25) is 0 Å². The first-order valence-corrected chi connectivity index (χ1v) is 6.03. The van der Waals surface area contributed by atoms with E-state index in [0.717, 1.165) is 0 Å². The average Bonchev–Trinajstić information content (AvgIpc) is 2.67. The number of amides is 1. The zero-order valence-corrected chi connectivity index (χ0v) is 11.4. The summed E-state index contributed by atoms with van der Waals surface area (Å²) in [6.45, 7) is 11.7. The number of hydrogen-bond donors (Lipinski definition) is 1. The maximum absolute atomic E-state index is 12.3. The van der Waals surface area contributed by atoms with Crippen molar-refractivity contribution in [3.63, 3.8) is 0 Å². The second kappa shape index (κ2) is 4.56. The normalized spacial score (nSPS) is 21.5. The molecule has 18 heavy (non-hydrogen) atoms. The van der Waals surface area contributed by atoms with Gasteiger partial charge < -0.3 is 5.32 Å². The van der Waals surface area contributed by atoms with Gasteiger partial charge in [-0.05, 0) is 10.8 Å². The van der Waals surface area contributed by atoms with E-state index in [9.17, 15) is 9.59 Å². The SMILES string of the molecule is C=CCNC(=O)[C@H](C#N)C(=O)C1C(C)(C)C1(C)C. The molecule has 0 radical (unpaired) electrons. The Hall–Kier alpha value is -1.63. The Morgan fingerprint density at radius 2 is 1.89 bits per heavy atom. The van der Waals surface area contributed by atoms with Gasteiger partial charge in [-0.15, -0.1) is 6.58 Å². The predicted molar refractivity (Wildman–Crippen MR) is 68.4 cm³/mol. The number of Topliss-reactive ketones (excluding diaryl/α,β-unsaturated/α-hetero) is 1. The van der Waals surface area contributed by atoms with Crippen molar-refractivity contribution >= 4 is 11.7 Å². The summed E-state index contributed by atoms with van der Waals surface area (Å²) in [7, 11) is 0. The van der Waals surface area contributed by atoms with Crippen LogP contribution in [0.15, 0.2) is 12.7 Å². The Morgan fingerprint density at radius 1 is 1.39 bits per heavy atom. The van der Waals surface area contributed by atoms with Gasteiger partial charge in [-0.25, -0.2) is 0 Å². The van der Waals surface area contributed by atoms with Crippen molar-refractivity contribution in [1.82, 2.24) is 5.32 Å². The van der Waals surface area contributed by atoms with E-state index in [-0.39, 0.29) is 29.1 Å². The Kier molecular flexibility index (Phi) is 3.66. The molecule has 1 amide bonds. The Morgan fingerprint density at radius 3 is 2.22 bits per heavy atom. The molecule has 0 aromatic carbocycles. The second-order valence-electron chi connectivity index (χ2n) is 5.87. The van der Waals surface area contributed by atoms with Crippen molar-refractivity contribution in [2.75, 3.05) is 6.54 Å². The molecule has 1 fully saturated rings. The van der Waals surface area contributed by atoms with Crippen LogP contribution in [0.3, 0.4) is 0 Å². The molecule has 1 saturated carbocycles. The summed E-state index contributed by atoms with van der Waals surface area (Å²) in [5.74, 6) is -2.24. The number of ketones is 1. The van der Waals surface area contributed by atoms with Crippen LogP contribution >= 0.6 is 0 Å². The fourth-order valence-electron chi connectivity index (χ4n) is 2.60. The maximum atomic E-state index is 12.3. The molecule has 0 unspecified atom stereocenters. The van der Waals surface area contributed by atoms with Gasteiger partial charge in [-0.3, -0.25) is 9.59 Å². The van der Waals surface area contributed by atoms with Crippen molar-refractivity contribution < 1.29 is 9.59 Å². The molecule has 0 aromatic rings. The van der Waals surface area contributed by atoms with Crippen LogP contribution in [0.25, 0.3) is 0 Å². The van der Waals surface area contributed by atoms with Gasteiger partial charge in [0.15, 0.2) is 11.7 Å². The van der Waals surface area contributed by atoms with Crippen LogP contribution in [0.4, 0.5) is 0 Å². The number of nitriles is 1. The molecule has 4 heteroatoms. The van der Waals surface area contributed by atoms with Gasteiger partial charge in [0.2, 0.25) is 5.91 Å². The van der Waals surface area contributed by atoms with Gasteiger partial charge in [0, 0.05) is 12.5 Å². The summed E-state index contributed by atoms with van der Waals surface area (Å²) >= 11 is 0. The van der Waals surface area contributed by atoms with Crippen LogP contribution in [0.5, 0.6) is 0 Å². The van der Waals surface area contributed by atoms with E-state index in [2.05, 4.69) is 11.9 Å². The summed E-state index contributed by atoms with van der Waals surface area (Å²) in [5.41, 5.74) is -0.310. The molecule has 1 N–H and O–H groups in total. The van der Waals surface area contributed by atoms with Crippen LogP contribution in [0.1, 0.15) is 27.7 Å². The lowest BCUT2D eigenvalue weighted by Gasteiger charge is -2.09.